The molecule has 0 atom stereocenters. The number of alkyl halides is 2. The van der Waals surface area contributed by atoms with Crippen molar-refractivity contribution in [3.05, 3.63) is 12.7 Å². The van der Waals surface area contributed by atoms with Gasteiger partial charge in [-0.2, -0.15) is 0 Å². The number of allylic oxidation sites excluding steroid dienone is 1. The molecule has 0 unspecified atom stereocenters. The monoisotopic (exact) mass is 202 g/mol. The Kier molecular flexibility index (Phi) is 5.13. The van der Waals surface area contributed by atoms with Crippen LogP contribution in [0.5, 0.6) is 0 Å². The molecule has 0 aromatic rings. The summed E-state index contributed by atoms with van der Waals surface area (Å²) in [5.41, 5.74) is 0. The van der Waals surface area contributed by atoms with E-state index in [4.69, 9.17) is 0 Å². The smallest absolute Gasteiger partial charge is 0.211 e. The Bertz CT molecular complexity index is 158. The van der Waals surface area contributed by atoms with E-state index in [1.165, 1.54) is 6.42 Å². The molecule has 0 nitrogen and oxygen atoms in total. The lowest BCUT2D eigenvalue weighted by Crippen LogP contribution is -2.16. The van der Waals surface area contributed by atoms with E-state index in [0.29, 0.717) is 0 Å². The Morgan fingerprint density at radius 1 is 1.14 bits per heavy atom. The van der Waals surface area contributed by atoms with E-state index in [9.17, 15) is 8.78 Å². The van der Waals surface area contributed by atoms with Gasteiger partial charge < -0.3 is 0 Å². The van der Waals surface area contributed by atoms with Gasteiger partial charge in [-0.3, -0.25) is 0 Å². The lowest BCUT2D eigenvalue weighted by Gasteiger charge is -2.28. The Morgan fingerprint density at radius 3 is 2.21 bits per heavy atom. The molecule has 0 radical (unpaired) electrons. The molecule has 82 valence electrons. The number of halogens is 2. The van der Waals surface area contributed by atoms with Gasteiger partial charge in [-0.25, -0.2) is 8.78 Å². The summed E-state index contributed by atoms with van der Waals surface area (Å²) in [5, 5.41) is 0. The van der Waals surface area contributed by atoms with E-state index in [-0.39, 0.29) is 12.3 Å². The lowest BCUT2D eigenvalue weighted by molar-refractivity contribution is 0.0968. The minimum absolute atomic E-state index is 0.119. The van der Waals surface area contributed by atoms with Crippen molar-refractivity contribution in [2.45, 2.75) is 51.4 Å². The molecule has 1 rings (SSSR count). The molecular weight excluding hydrogens is 182 g/mol. The van der Waals surface area contributed by atoms with Crippen LogP contribution >= 0.6 is 0 Å². The average Bonchev–Trinajstić information content (AvgIpc) is 2.16. The molecule has 0 amide bonds. The van der Waals surface area contributed by atoms with Crippen LogP contribution in [-0.4, -0.2) is 6.43 Å². The Balaban J connectivity index is 2.14. The normalized spacial score (nSPS) is 27.9. The zero-order valence-electron chi connectivity index (χ0n) is 8.72. The molecule has 1 aliphatic rings. The van der Waals surface area contributed by atoms with Crippen LogP contribution in [0.3, 0.4) is 0 Å². The van der Waals surface area contributed by atoms with Crippen molar-refractivity contribution < 1.29 is 8.78 Å². The topological polar surface area (TPSA) is 0 Å². The minimum Gasteiger partial charge on any atom is -0.211 e. The van der Waals surface area contributed by atoms with Gasteiger partial charge in [-0.15, -0.1) is 6.58 Å². The Hall–Kier alpha value is -0.400. The SMILES string of the molecule is C=CCCC1CCC(CC(F)F)CC1. The maximum absolute atomic E-state index is 12.1. The average molecular weight is 202 g/mol. The van der Waals surface area contributed by atoms with Gasteiger partial charge in [-0.1, -0.05) is 18.9 Å². The van der Waals surface area contributed by atoms with E-state index in [2.05, 4.69) is 6.58 Å². The van der Waals surface area contributed by atoms with Crippen molar-refractivity contribution in [2.75, 3.05) is 0 Å². The van der Waals surface area contributed by atoms with E-state index < -0.39 is 6.43 Å². The second-order valence-corrected chi connectivity index (χ2v) is 4.38. The molecule has 0 aliphatic heterocycles. The number of hydrogen-bond acceptors (Lipinski definition) is 0. The first-order chi connectivity index (χ1) is 6.72. The molecule has 14 heavy (non-hydrogen) atoms. The van der Waals surface area contributed by atoms with Crippen molar-refractivity contribution >= 4 is 0 Å². The molecule has 0 heterocycles. The Morgan fingerprint density at radius 2 is 1.71 bits per heavy atom. The summed E-state index contributed by atoms with van der Waals surface area (Å²) in [7, 11) is 0. The molecule has 0 N–H and O–H groups in total. The van der Waals surface area contributed by atoms with Crippen LogP contribution in [0.2, 0.25) is 0 Å². The minimum atomic E-state index is -2.11. The fraction of sp³-hybridized carbons (Fsp3) is 0.833. The van der Waals surface area contributed by atoms with Gasteiger partial charge >= 0.3 is 0 Å². The molecule has 0 bridgehead atoms. The highest BCUT2D eigenvalue weighted by molar-refractivity contribution is 4.76. The molecule has 1 saturated carbocycles. The maximum Gasteiger partial charge on any atom is 0.238 e. The predicted octanol–water partition coefficient (Wildman–Crippen LogP) is 4.41. The first kappa shape index (κ1) is 11.7. The van der Waals surface area contributed by atoms with Crippen molar-refractivity contribution in [1.82, 2.24) is 0 Å². The zero-order valence-corrected chi connectivity index (χ0v) is 8.72. The summed E-state index contributed by atoms with van der Waals surface area (Å²) < 4.78 is 24.2. The van der Waals surface area contributed by atoms with Crippen LogP contribution < -0.4 is 0 Å². The lowest BCUT2D eigenvalue weighted by atomic mass is 9.79. The summed E-state index contributed by atoms with van der Waals surface area (Å²) in [6.07, 6.45) is 6.54. The van der Waals surface area contributed by atoms with Gasteiger partial charge in [0.2, 0.25) is 6.43 Å². The van der Waals surface area contributed by atoms with E-state index >= 15 is 0 Å². The predicted molar refractivity (Wildman–Crippen MR) is 55.5 cm³/mol. The van der Waals surface area contributed by atoms with Gasteiger partial charge in [0.25, 0.3) is 0 Å². The third-order valence-electron chi connectivity index (χ3n) is 3.26. The second kappa shape index (κ2) is 6.15. The summed E-state index contributed by atoms with van der Waals surface area (Å²) in [5.74, 6) is 1.05. The highest BCUT2D eigenvalue weighted by Gasteiger charge is 2.22. The van der Waals surface area contributed by atoms with Gasteiger partial charge in [0, 0.05) is 6.42 Å². The first-order valence-corrected chi connectivity index (χ1v) is 5.61. The van der Waals surface area contributed by atoms with Crippen molar-refractivity contribution in [2.24, 2.45) is 11.8 Å². The quantitative estimate of drug-likeness (QED) is 0.579. The van der Waals surface area contributed by atoms with E-state index in [1.807, 2.05) is 6.08 Å². The third-order valence-corrected chi connectivity index (χ3v) is 3.26. The first-order valence-electron chi connectivity index (χ1n) is 5.61. The molecule has 1 aliphatic carbocycles. The molecule has 0 spiro atoms. The molecular formula is C12H20F2. The molecule has 0 aromatic carbocycles. The van der Waals surface area contributed by atoms with Crippen LogP contribution in [0.1, 0.15) is 44.9 Å². The van der Waals surface area contributed by atoms with Crippen LogP contribution in [0.15, 0.2) is 12.7 Å². The molecule has 0 saturated heterocycles. The summed E-state index contributed by atoms with van der Waals surface area (Å²) in [6, 6.07) is 0. The van der Waals surface area contributed by atoms with Crippen LogP contribution in [-0.2, 0) is 0 Å². The van der Waals surface area contributed by atoms with Crippen LogP contribution in [0.4, 0.5) is 8.78 Å². The van der Waals surface area contributed by atoms with Crippen molar-refractivity contribution in [1.29, 1.82) is 0 Å². The van der Waals surface area contributed by atoms with Crippen molar-refractivity contribution in [3.63, 3.8) is 0 Å². The fourth-order valence-electron chi connectivity index (χ4n) is 2.36. The fourth-order valence-corrected chi connectivity index (χ4v) is 2.36. The van der Waals surface area contributed by atoms with E-state index in [1.54, 1.807) is 0 Å². The highest BCUT2D eigenvalue weighted by atomic mass is 19.3. The van der Waals surface area contributed by atoms with Crippen molar-refractivity contribution in [3.8, 4) is 0 Å². The van der Waals surface area contributed by atoms with Gasteiger partial charge in [0.15, 0.2) is 0 Å². The highest BCUT2D eigenvalue weighted by Crippen LogP contribution is 2.34. The third kappa shape index (κ3) is 4.21. The second-order valence-electron chi connectivity index (χ2n) is 4.38. The van der Waals surface area contributed by atoms with Gasteiger partial charge in [-0.05, 0) is 37.5 Å². The Labute approximate surface area is 85.4 Å². The van der Waals surface area contributed by atoms with E-state index in [0.717, 1.165) is 38.0 Å². The van der Waals surface area contributed by atoms with Gasteiger partial charge in [0.05, 0.1) is 0 Å². The van der Waals surface area contributed by atoms with Gasteiger partial charge in [0.1, 0.15) is 0 Å². The van der Waals surface area contributed by atoms with Crippen LogP contribution in [0.25, 0.3) is 0 Å². The summed E-state index contributed by atoms with van der Waals surface area (Å²) in [4.78, 5) is 0. The number of hydrogen-bond donors (Lipinski definition) is 0. The van der Waals surface area contributed by atoms with Crippen LogP contribution in [0, 0.1) is 11.8 Å². The maximum atomic E-state index is 12.1. The molecule has 1 fully saturated rings. The molecule has 0 aromatic heterocycles. The summed E-state index contributed by atoms with van der Waals surface area (Å²) >= 11 is 0. The molecule has 2 heteroatoms. The standard InChI is InChI=1S/C12H20F2/c1-2-3-4-10-5-7-11(8-6-10)9-12(13)14/h2,10-12H,1,3-9H2. The zero-order chi connectivity index (χ0) is 10.4. The largest absolute Gasteiger partial charge is 0.238 e. The number of rotatable bonds is 5. The summed E-state index contributed by atoms with van der Waals surface area (Å²) in [6.45, 7) is 3.70.